The number of fused-ring (bicyclic) bond motifs is 1. The molecule has 4 nitrogen and oxygen atoms in total. The van der Waals surface area contributed by atoms with Crippen molar-refractivity contribution >= 4 is 39.3 Å². The van der Waals surface area contributed by atoms with Crippen LogP contribution in [0.2, 0.25) is 0 Å². The van der Waals surface area contributed by atoms with Gasteiger partial charge in [-0.15, -0.1) is 0 Å². The second-order valence-electron chi connectivity index (χ2n) is 3.81. The zero-order chi connectivity index (χ0) is 11.0. The molecular formula is C11H12IN3O. The molecule has 0 saturated carbocycles. The summed E-state index contributed by atoms with van der Waals surface area (Å²) in [6.07, 6.45) is 1.86. The van der Waals surface area contributed by atoms with Crippen molar-refractivity contribution in [1.82, 2.24) is 9.97 Å². The lowest BCUT2D eigenvalue weighted by Gasteiger charge is -2.29. The third kappa shape index (κ3) is 1.78. The number of aromatic nitrogens is 2. The summed E-state index contributed by atoms with van der Waals surface area (Å²) in [5, 5.41) is 1.20. The highest BCUT2D eigenvalue weighted by Crippen LogP contribution is 2.27. The van der Waals surface area contributed by atoms with Gasteiger partial charge in [-0.25, -0.2) is 4.98 Å². The fourth-order valence-corrected chi connectivity index (χ4v) is 2.63. The van der Waals surface area contributed by atoms with Gasteiger partial charge in [-0.1, -0.05) is 0 Å². The molecule has 1 N–H and O–H groups in total. The van der Waals surface area contributed by atoms with Crippen LogP contribution < -0.4 is 4.90 Å². The summed E-state index contributed by atoms with van der Waals surface area (Å²) >= 11 is 2.28. The van der Waals surface area contributed by atoms with E-state index in [1.54, 1.807) is 0 Å². The number of rotatable bonds is 1. The standard InChI is InChI=1S/C11H12IN3O/c12-10-7-8-9(1-2-13-11(8)14-10)15-3-5-16-6-4-15/h1-2,7H,3-6H2,(H,13,14). The number of pyridine rings is 1. The molecule has 0 bridgehead atoms. The molecule has 84 valence electrons. The van der Waals surface area contributed by atoms with Gasteiger partial charge in [0.15, 0.2) is 0 Å². The first-order valence-corrected chi connectivity index (χ1v) is 6.38. The number of H-pyrrole nitrogens is 1. The molecule has 1 aliphatic heterocycles. The summed E-state index contributed by atoms with van der Waals surface area (Å²) in [6, 6.07) is 4.23. The Hall–Kier alpha value is -0.820. The first-order chi connectivity index (χ1) is 7.84. The Labute approximate surface area is 107 Å². The zero-order valence-corrected chi connectivity index (χ0v) is 10.9. The molecule has 3 rings (SSSR count). The Morgan fingerprint density at radius 2 is 2.19 bits per heavy atom. The van der Waals surface area contributed by atoms with Crippen LogP contribution in [0.1, 0.15) is 0 Å². The van der Waals surface area contributed by atoms with Crippen LogP contribution in [0.5, 0.6) is 0 Å². The zero-order valence-electron chi connectivity index (χ0n) is 8.74. The fraction of sp³-hybridized carbons (Fsp3) is 0.364. The molecule has 0 aliphatic carbocycles. The first kappa shape index (κ1) is 10.3. The molecule has 0 atom stereocenters. The Bertz CT molecular complexity index is 505. The average Bonchev–Trinajstić information content (AvgIpc) is 2.70. The average molecular weight is 329 g/mol. The third-order valence-electron chi connectivity index (χ3n) is 2.83. The summed E-state index contributed by atoms with van der Waals surface area (Å²) < 4.78 is 6.50. The van der Waals surface area contributed by atoms with Crippen molar-refractivity contribution in [2.24, 2.45) is 0 Å². The van der Waals surface area contributed by atoms with Gasteiger partial charge < -0.3 is 14.6 Å². The number of ether oxygens (including phenoxy) is 1. The molecule has 0 amide bonds. The number of hydrogen-bond donors (Lipinski definition) is 1. The molecule has 2 aromatic rings. The minimum Gasteiger partial charge on any atom is -0.378 e. The highest BCUT2D eigenvalue weighted by Gasteiger charge is 2.14. The predicted octanol–water partition coefficient (Wildman–Crippen LogP) is 2.00. The molecule has 0 spiro atoms. The van der Waals surface area contributed by atoms with E-state index in [2.05, 4.69) is 49.6 Å². The van der Waals surface area contributed by atoms with Gasteiger partial charge in [0, 0.05) is 30.4 Å². The minimum absolute atomic E-state index is 0.811. The van der Waals surface area contributed by atoms with Gasteiger partial charge in [-0.05, 0) is 34.7 Å². The maximum absolute atomic E-state index is 5.37. The number of anilines is 1. The molecule has 2 aromatic heterocycles. The minimum atomic E-state index is 0.811. The highest BCUT2D eigenvalue weighted by molar-refractivity contribution is 14.1. The van der Waals surface area contributed by atoms with Crippen molar-refractivity contribution in [3.63, 3.8) is 0 Å². The summed E-state index contributed by atoms with van der Waals surface area (Å²) in [5.41, 5.74) is 2.22. The maximum atomic E-state index is 5.37. The van der Waals surface area contributed by atoms with Gasteiger partial charge in [-0.2, -0.15) is 0 Å². The van der Waals surface area contributed by atoms with Crippen LogP contribution in [0.25, 0.3) is 11.0 Å². The van der Waals surface area contributed by atoms with Gasteiger partial charge in [0.1, 0.15) is 5.65 Å². The molecule has 0 aromatic carbocycles. The number of nitrogens with zero attached hydrogens (tertiary/aromatic N) is 2. The second kappa shape index (κ2) is 4.21. The lowest BCUT2D eigenvalue weighted by Crippen LogP contribution is -2.36. The topological polar surface area (TPSA) is 41.1 Å². The number of nitrogens with one attached hydrogen (secondary N) is 1. The second-order valence-corrected chi connectivity index (χ2v) is 4.97. The van der Waals surface area contributed by atoms with Crippen LogP contribution in [0, 0.1) is 3.70 Å². The summed E-state index contributed by atoms with van der Waals surface area (Å²) in [4.78, 5) is 9.95. The number of hydrogen-bond acceptors (Lipinski definition) is 3. The predicted molar refractivity (Wildman–Crippen MR) is 71.8 cm³/mol. The molecule has 0 unspecified atom stereocenters. The number of halogens is 1. The monoisotopic (exact) mass is 329 g/mol. The van der Waals surface area contributed by atoms with Gasteiger partial charge in [0.25, 0.3) is 0 Å². The molecular weight excluding hydrogens is 317 g/mol. The van der Waals surface area contributed by atoms with Crippen molar-refractivity contribution in [3.05, 3.63) is 22.0 Å². The Balaban J connectivity index is 2.07. The third-order valence-corrected chi connectivity index (χ3v) is 3.41. The number of morpholine rings is 1. The van der Waals surface area contributed by atoms with Crippen molar-refractivity contribution in [1.29, 1.82) is 0 Å². The molecule has 1 fully saturated rings. The van der Waals surface area contributed by atoms with Crippen molar-refractivity contribution in [2.45, 2.75) is 0 Å². The quantitative estimate of drug-likeness (QED) is 0.814. The first-order valence-electron chi connectivity index (χ1n) is 5.30. The SMILES string of the molecule is Ic1cc2c(N3CCOCC3)ccnc2[nH]1. The van der Waals surface area contributed by atoms with E-state index in [9.17, 15) is 0 Å². The van der Waals surface area contributed by atoms with Crippen LogP contribution >= 0.6 is 22.6 Å². The number of aromatic amines is 1. The van der Waals surface area contributed by atoms with E-state index in [0.29, 0.717) is 0 Å². The molecule has 5 heteroatoms. The normalized spacial score (nSPS) is 16.9. The van der Waals surface area contributed by atoms with E-state index in [-0.39, 0.29) is 0 Å². The van der Waals surface area contributed by atoms with E-state index in [4.69, 9.17) is 4.74 Å². The van der Waals surface area contributed by atoms with E-state index in [0.717, 1.165) is 35.7 Å². The van der Waals surface area contributed by atoms with Crippen LogP contribution in [0.4, 0.5) is 5.69 Å². The molecule has 1 aliphatic rings. The molecule has 3 heterocycles. The van der Waals surface area contributed by atoms with E-state index >= 15 is 0 Å². The lowest BCUT2D eigenvalue weighted by molar-refractivity contribution is 0.123. The largest absolute Gasteiger partial charge is 0.378 e. The summed E-state index contributed by atoms with van der Waals surface area (Å²) in [5.74, 6) is 0. The van der Waals surface area contributed by atoms with Crippen LogP contribution in [0.15, 0.2) is 18.3 Å². The van der Waals surface area contributed by atoms with Crippen LogP contribution in [-0.2, 0) is 4.74 Å². The van der Waals surface area contributed by atoms with Crippen molar-refractivity contribution in [2.75, 3.05) is 31.2 Å². The smallest absolute Gasteiger partial charge is 0.140 e. The van der Waals surface area contributed by atoms with Crippen molar-refractivity contribution in [3.8, 4) is 0 Å². The van der Waals surface area contributed by atoms with Gasteiger partial charge >= 0.3 is 0 Å². The maximum Gasteiger partial charge on any atom is 0.140 e. The van der Waals surface area contributed by atoms with Crippen LogP contribution in [-0.4, -0.2) is 36.3 Å². The Kier molecular flexibility index (Phi) is 2.72. The highest BCUT2D eigenvalue weighted by atomic mass is 127. The van der Waals surface area contributed by atoms with E-state index in [1.165, 1.54) is 11.1 Å². The van der Waals surface area contributed by atoms with Crippen molar-refractivity contribution < 1.29 is 4.74 Å². The summed E-state index contributed by atoms with van der Waals surface area (Å²) in [6.45, 7) is 3.54. The van der Waals surface area contributed by atoms with Gasteiger partial charge in [0.2, 0.25) is 0 Å². The lowest BCUT2D eigenvalue weighted by atomic mass is 10.2. The fourth-order valence-electron chi connectivity index (χ4n) is 2.06. The molecule has 0 radical (unpaired) electrons. The summed E-state index contributed by atoms with van der Waals surface area (Å²) in [7, 11) is 0. The molecule has 1 saturated heterocycles. The molecule has 16 heavy (non-hydrogen) atoms. The van der Waals surface area contributed by atoms with Gasteiger partial charge in [0.05, 0.1) is 16.9 Å². The van der Waals surface area contributed by atoms with E-state index < -0.39 is 0 Å². The Morgan fingerprint density at radius 1 is 1.38 bits per heavy atom. The van der Waals surface area contributed by atoms with Crippen LogP contribution in [0.3, 0.4) is 0 Å². The Morgan fingerprint density at radius 3 is 3.00 bits per heavy atom. The van der Waals surface area contributed by atoms with E-state index in [1.807, 2.05) is 6.20 Å². The van der Waals surface area contributed by atoms with Gasteiger partial charge in [-0.3, -0.25) is 0 Å².